The Hall–Kier alpha value is -1.69. The van der Waals surface area contributed by atoms with Gasteiger partial charge in [-0.2, -0.15) is 0 Å². The lowest BCUT2D eigenvalue weighted by molar-refractivity contribution is -0.386. The minimum Gasteiger partial charge on any atom is -0.484 e. The number of nitrogens with zero attached hydrogens (tertiary/aromatic N) is 1. The van der Waals surface area contributed by atoms with Gasteiger partial charge in [0, 0.05) is 6.61 Å². The van der Waals surface area contributed by atoms with Crippen molar-refractivity contribution in [3.63, 3.8) is 0 Å². The van der Waals surface area contributed by atoms with Crippen LogP contribution in [0, 0.1) is 15.9 Å². The molecule has 0 N–H and O–H groups in total. The van der Waals surface area contributed by atoms with E-state index < -0.39 is 10.7 Å². The fourth-order valence-electron chi connectivity index (χ4n) is 1.71. The summed E-state index contributed by atoms with van der Waals surface area (Å²) in [7, 11) is 0. The summed E-state index contributed by atoms with van der Waals surface area (Å²) in [6.07, 6.45) is 1.83. The maximum absolute atomic E-state index is 12.9. The monoisotopic (exact) mass is 241 g/mol. The first-order chi connectivity index (χ1) is 8.16. The van der Waals surface area contributed by atoms with Crippen LogP contribution in [0.1, 0.15) is 12.8 Å². The third-order valence-electron chi connectivity index (χ3n) is 2.57. The summed E-state index contributed by atoms with van der Waals surface area (Å²) in [4.78, 5) is 10.0. The molecule has 0 aromatic heterocycles. The normalized spacial score (nSPS) is 19.2. The van der Waals surface area contributed by atoms with Gasteiger partial charge in [-0.1, -0.05) is 0 Å². The zero-order valence-electron chi connectivity index (χ0n) is 9.10. The number of nitro groups is 1. The Morgan fingerprint density at radius 2 is 2.41 bits per heavy atom. The number of benzene rings is 1. The summed E-state index contributed by atoms with van der Waals surface area (Å²) in [5.41, 5.74) is -0.358. The van der Waals surface area contributed by atoms with Crippen LogP contribution < -0.4 is 4.74 Å². The highest BCUT2D eigenvalue weighted by Gasteiger charge is 2.20. The SMILES string of the molecule is O=[N+]([O-])c1cc(F)ccc1OCC1CCCO1. The van der Waals surface area contributed by atoms with Gasteiger partial charge in [-0.3, -0.25) is 10.1 Å². The molecule has 2 rings (SSSR count). The molecule has 1 aromatic carbocycles. The van der Waals surface area contributed by atoms with Gasteiger partial charge in [0.05, 0.1) is 17.1 Å². The molecule has 0 saturated carbocycles. The maximum atomic E-state index is 12.9. The number of nitro benzene ring substituents is 1. The molecule has 1 aliphatic heterocycles. The van der Waals surface area contributed by atoms with Crippen molar-refractivity contribution in [1.29, 1.82) is 0 Å². The summed E-state index contributed by atoms with van der Waals surface area (Å²) in [6, 6.07) is 3.26. The van der Waals surface area contributed by atoms with E-state index in [-0.39, 0.29) is 24.1 Å². The molecule has 1 unspecified atom stereocenters. The van der Waals surface area contributed by atoms with Crippen molar-refractivity contribution in [2.75, 3.05) is 13.2 Å². The van der Waals surface area contributed by atoms with Crippen LogP contribution in [-0.2, 0) is 4.74 Å². The Kier molecular flexibility index (Phi) is 3.53. The molecule has 1 heterocycles. The van der Waals surface area contributed by atoms with E-state index in [4.69, 9.17) is 9.47 Å². The smallest absolute Gasteiger partial charge is 0.313 e. The second kappa shape index (κ2) is 5.09. The van der Waals surface area contributed by atoms with Crippen molar-refractivity contribution in [2.24, 2.45) is 0 Å². The van der Waals surface area contributed by atoms with Crippen molar-refractivity contribution in [3.05, 3.63) is 34.1 Å². The van der Waals surface area contributed by atoms with E-state index in [1.807, 2.05) is 0 Å². The third kappa shape index (κ3) is 2.91. The number of rotatable bonds is 4. The van der Waals surface area contributed by atoms with Crippen LogP contribution in [0.25, 0.3) is 0 Å². The van der Waals surface area contributed by atoms with Gasteiger partial charge in [-0.25, -0.2) is 4.39 Å². The predicted molar refractivity (Wildman–Crippen MR) is 57.5 cm³/mol. The van der Waals surface area contributed by atoms with Gasteiger partial charge in [-0.05, 0) is 25.0 Å². The van der Waals surface area contributed by atoms with Crippen LogP contribution >= 0.6 is 0 Å². The van der Waals surface area contributed by atoms with Crippen molar-refractivity contribution in [1.82, 2.24) is 0 Å². The van der Waals surface area contributed by atoms with E-state index in [1.165, 1.54) is 6.07 Å². The van der Waals surface area contributed by atoms with E-state index in [0.717, 1.165) is 25.0 Å². The van der Waals surface area contributed by atoms with E-state index in [9.17, 15) is 14.5 Å². The fourth-order valence-corrected chi connectivity index (χ4v) is 1.71. The molecular formula is C11H12FNO4. The quantitative estimate of drug-likeness (QED) is 0.599. The molecule has 0 spiro atoms. The Labute approximate surface area is 97.3 Å². The van der Waals surface area contributed by atoms with Gasteiger partial charge in [0.2, 0.25) is 0 Å². The highest BCUT2D eigenvalue weighted by molar-refractivity contribution is 5.46. The van der Waals surface area contributed by atoms with Gasteiger partial charge in [0.15, 0.2) is 5.75 Å². The third-order valence-corrected chi connectivity index (χ3v) is 2.57. The summed E-state index contributed by atoms with van der Waals surface area (Å²) < 4.78 is 23.5. The van der Waals surface area contributed by atoms with Crippen LogP contribution in [0.15, 0.2) is 18.2 Å². The summed E-state index contributed by atoms with van der Waals surface area (Å²) in [5, 5.41) is 10.7. The van der Waals surface area contributed by atoms with E-state index >= 15 is 0 Å². The molecule has 0 amide bonds. The first-order valence-corrected chi connectivity index (χ1v) is 5.35. The molecule has 1 fully saturated rings. The zero-order chi connectivity index (χ0) is 12.3. The fraction of sp³-hybridized carbons (Fsp3) is 0.455. The molecule has 92 valence electrons. The van der Waals surface area contributed by atoms with Gasteiger partial charge in [0.1, 0.15) is 12.4 Å². The lowest BCUT2D eigenvalue weighted by Crippen LogP contribution is -2.16. The van der Waals surface area contributed by atoms with Crippen molar-refractivity contribution in [2.45, 2.75) is 18.9 Å². The summed E-state index contributed by atoms with van der Waals surface area (Å²) >= 11 is 0. The van der Waals surface area contributed by atoms with Crippen LogP contribution in [0.5, 0.6) is 5.75 Å². The molecule has 0 aliphatic carbocycles. The number of ether oxygens (including phenoxy) is 2. The standard InChI is InChI=1S/C11H12FNO4/c12-8-3-4-11(10(6-8)13(14)15)17-7-9-2-1-5-16-9/h3-4,6,9H,1-2,5,7H2. The molecule has 1 aromatic rings. The molecular weight excluding hydrogens is 229 g/mol. The predicted octanol–water partition coefficient (Wildman–Crippen LogP) is 2.29. The Balaban J connectivity index is 2.06. The Bertz CT molecular complexity index is 418. The van der Waals surface area contributed by atoms with Crippen LogP contribution in [0.2, 0.25) is 0 Å². The number of halogens is 1. The highest BCUT2D eigenvalue weighted by atomic mass is 19.1. The molecule has 1 atom stereocenters. The van der Waals surface area contributed by atoms with Crippen molar-refractivity contribution >= 4 is 5.69 Å². The second-order valence-electron chi connectivity index (χ2n) is 3.82. The minimum absolute atomic E-state index is 0.0281. The van der Waals surface area contributed by atoms with Crippen molar-refractivity contribution < 1.29 is 18.8 Å². The second-order valence-corrected chi connectivity index (χ2v) is 3.82. The largest absolute Gasteiger partial charge is 0.484 e. The molecule has 5 nitrogen and oxygen atoms in total. The Morgan fingerprint density at radius 3 is 3.06 bits per heavy atom. The topological polar surface area (TPSA) is 61.6 Å². The molecule has 6 heteroatoms. The molecule has 1 aliphatic rings. The number of hydrogen-bond acceptors (Lipinski definition) is 4. The average molecular weight is 241 g/mol. The van der Waals surface area contributed by atoms with E-state index in [2.05, 4.69) is 0 Å². The summed E-state index contributed by atoms with van der Waals surface area (Å²) in [6.45, 7) is 0.950. The lowest BCUT2D eigenvalue weighted by Gasteiger charge is -2.11. The van der Waals surface area contributed by atoms with Gasteiger partial charge in [0.25, 0.3) is 0 Å². The van der Waals surface area contributed by atoms with Crippen LogP contribution in [-0.4, -0.2) is 24.2 Å². The van der Waals surface area contributed by atoms with E-state index in [1.54, 1.807) is 0 Å². The maximum Gasteiger partial charge on any atom is 0.313 e. The molecule has 17 heavy (non-hydrogen) atoms. The zero-order valence-corrected chi connectivity index (χ0v) is 9.10. The molecule has 0 radical (unpaired) electrons. The van der Waals surface area contributed by atoms with E-state index in [0.29, 0.717) is 6.61 Å². The number of hydrogen-bond donors (Lipinski definition) is 0. The first-order valence-electron chi connectivity index (χ1n) is 5.35. The van der Waals surface area contributed by atoms with Gasteiger partial charge in [-0.15, -0.1) is 0 Å². The summed E-state index contributed by atoms with van der Waals surface area (Å²) in [5.74, 6) is -0.576. The minimum atomic E-state index is -0.659. The van der Waals surface area contributed by atoms with Gasteiger partial charge >= 0.3 is 5.69 Å². The first kappa shape index (κ1) is 11.8. The average Bonchev–Trinajstić information content (AvgIpc) is 2.80. The van der Waals surface area contributed by atoms with Crippen LogP contribution in [0.4, 0.5) is 10.1 Å². The van der Waals surface area contributed by atoms with Crippen molar-refractivity contribution in [3.8, 4) is 5.75 Å². The Morgan fingerprint density at radius 1 is 1.59 bits per heavy atom. The molecule has 1 saturated heterocycles. The molecule has 0 bridgehead atoms. The lowest BCUT2D eigenvalue weighted by atomic mass is 10.2. The van der Waals surface area contributed by atoms with Crippen LogP contribution in [0.3, 0.4) is 0 Å². The van der Waals surface area contributed by atoms with Gasteiger partial charge < -0.3 is 9.47 Å². The highest BCUT2D eigenvalue weighted by Crippen LogP contribution is 2.28.